The van der Waals surface area contributed by atoms with Gasteiger partial charge in [-0.2, -0.15) is 4.31 Å². The van der Waals surface area contributed by atoms with Gasteiger partial charge in [-0.05, 0) is 73.7 Å². The monoisotopic (exact) mass is 497 g/mol. The van der Waals surface area contributed by atoms with E-state index in [1.807, 2.05) is 42.5 Å². The van der Waals surface area contributed by atoms with Crippen LogP contribution in [0.4, 0.5) is 0 Å². The number of hydrogen-bond donors (Lipinski definition) is 1. The third-order valence-corrected chi connectivity index (χ3v) is 7.95. The van der Waals surface area contributed by atoms with E-state index >= 15 is 0 Å². The van der Waals surface area contributed by atoms with Crippen LogP contribution in [0.2, 0.25) is 0 Å². The highest BCUT2D eigenvalue weighted by Gasteiger charge is 2.29. The highest BCUT2D eigenvalue weighted by atomic mass is 32.2. The van der Waals surface area contributed by atoms with Gasteiger partial charge in [0.25, 0.3) is 0 Å². The minimum absolute atomic E-state index is 0.329. The first kappa shape index (κ1) is 26.7. The molecule has 6 nitrogen and oxygen atoms in total. The normalized spacial score (nSPS) is 12.2. The summed E-state index contributed by atoms with van der Waals surface area (Å²) in [6, 6.07) is 20.4. The van der Waals surface area contributed by atoms with Gasteiger partial charge in [-0.25, -0.2) is 13.2 Å². The zero-order chi connectivity index (χ0) is 25.5. The largest absolute Gasteiger partial charge is 0.478 e. The van der Waals surface area contributed by atoms with Crippen LogP contribution in [0.15, 0.2) is 71.6 Å². The molecule has 1 N–H and O–H groups in total. The van der Waals surface area contributed by atoms with Crippen LogP contribution in [0.5, 0.6) is 5.75 Å². The number of fused-ring (bicyclic) bond motifs is 1. The van der Waals surface area contributed by atoms with Gasteiger partial charge in [-0.1, -0.05) is 62.2 Å². The summed E-state index contributed by atoms with van der Waals surface area (Å²) in [7, 11) is -3.60. The Hall–Kier alpha value is -2.90. The molecular formula is C28H35NO5S. The van der Waals surface area contributed by atoms with Crippen LogP contribution in [-0.4, -0.2) is 42.5 Å². The lowest BCUT2D eigenvalue weighted by Crippen LogP contribution is -2.37. The van der Waals surface area contributed by atoms with E-state index in [-0.39, 0.29) is 0 Å². The van der Waals surface area contributed by atoms with Gasteiger partial charge in [-0.15, -0.1) is 0 Å². The van der Waals surface area contributed by atoms with Gasteiger partial charge in [0.15, 0.2) is 5.60 Å². The predicted octanol–water partition coefficient (Wildman–Crippen LogP) is 5.90. The molecule has 0 aliphatic rings. The van der Waals surface area contributed by atoms with Gasteiger partial charge < -0.3 is 9.84 Å². The Balaban J connectivity index is 1.68. The van der Waals surface area contributed by atoms with Crippen LogP contribution in [0.3, 0.4) is 0 Å². The van der Waals surface area contributed by atoms with Crippen molar-refractivity contribution in [3.63, 3.8) is 0 Å². The van der Waals surface area contributed by atoms with Gasteiger partial charge in [0, 0.05) is 13.1 Å². The number of aliphatic carboxylic acids is 1. The fourth-order valence-corrected chi connectivity index (χ4v) is 5.44. The summed E-state index contributed by atoms with van der Waals surface area (Å²) in [6.07, 6.45) is 4.23. The second-order valence-electron chi connectivity index (χ2n) is 9.29. The summed E-state index contributed by atoms with van der Waals surface area (Å²) in [4.78, 5) is 11.6. The SMILES string of the molecule is CCCCCN(CCCc1ccc(OC(C)(C)C(=O)O)cc1)S(=O)(=O)c1ccc2ccccc2c1. The maximum atomic E-state index is 13.5. The van der Waals surface area contributed by atoms with Crippen LogP contribution in [0.25, 0.3) is 10.8 Å². The molecule has 0 bridgehead atoms. The number of sulfonamides is 1. The minimum Gasteiger partial charge on any atom is -0.478 e. The lowest BCUT2D eigenvalue weighted by Gasteiger charge is -2.23. The second-order valence-corrected chi connectivity index (χ2v) is 11.2. The molecule has 0 amide bonds. The maximum absolute atomic E-state index is 13.5. The van der Waals surface area contributed by atoms with E-state index in [0.717, 1.165) is 35.6 Å². The molecule has 188 valence electrons. The summed E-state index contributed by atoms with van der Waals surface area (Å²) in [5.41, 5.74) is -0.264. The molecule has 0 fully saturated rings. The molecule has 3 aromatic rings. The number of benzene rings is 3. The molecule has 0 radical (unpaired) electrons. The molecule has 0 spiro atoms. The molecule has 0 aromatic heterocycles. The third kappa shape index (κ3) is 7.05. The van der Waals surface area contributed by atoms with E-state index in [9.17, 15) is 18.3 Å². The van der Waals surface area contributed by atoms with Crippen LogP contribution < -0.4 is 4.74 Å². The van der Waals surface area contributed by atoms with Crippen molar-refractivity contribution < 1.29 is 23.1 Å². The van der Waals surface area contributed by atoms with Crippen LogP contribution in [0, 0.1) is 0 Å². The van der Waals surface area contributed by atoms with E-state index in [4.69, 9.17) is 4.74 Å². The fraction of sp³-hybridized carbons (Fsp3) is 0.393. The molecule has 0 atom stereocenters. The van der Waals surface area contributed by atoms with Gasteiger partial charge in [0.05, 0.1) is 4.90 Å². The van der Waals surface area contributed by atoms with Crippen molar-refractivity contribution in [3.8, 4) is 5.75 Å². The Morgan fingerprint density at radius 1 is 0.914 bits per heavy atom. The molecule has 0 aliphatic carbocycles. The predicted molar refractivity (Wildman–Crippen MR) is 139 cm³/mol. The van der Waals surface area contributed by atoms with Crippen LogP contribution >= 0.6 is 0 Å². The first-order valence-electron chi connectivity index (χ1n) is 12.1. The highest BCUT2D eigenvalue weighted by Crippen LogP contribution is 2.24. The van der Waals surface area contributed by atoms with Crippen molar-refractivity contribution >= 4 is 26.8 Å². The smallest absolute Gasteiger partial charge is 0.347 e. The zero-order valence-corrected chi connectivity index (χ0v) is 21.6. The number of hydrogen-bond acceptors (Lipinski definition) is 4. The Labute approximate surface area is 208 Å². The summed E-state index contributed by atoms with van der Waals surface area (Å²) in [6.45, 7) is 6.05. The number of carboxylic acids is 1. The van der Waals surface area contributed by atoms with E-state index in [0.29, 0.717) is 36.6 Å². The third-order valence-electron chi connectivity index (χ3n) is 6.05. The molecule has 3 aromatic carbocycles. The van der Waals surface area contributed by atoms with Gasteiger partial charge >= 0.3 is 5.97 Å². The highest BCUT2D eigenvalue weighted by molar-refractivity contribution is 7.89. The molecule has 0 aliphatic heterocycles. The molecule has 3 rings (SSSR count). The number of nitrogens with zero attached hydrogens (tertiary/aromatic N) is 1. The number of aryl methyl sites for hydroxylation is 1. The number of carboxylic acid groups (broad SMARTS) is 1. The van der Waals surface area contributed by atoms with Crippen molar-refractivity contribution in [1.29, 1.82) is 0 Å². The Kier molecular flexibility index (Phi) is 8.92. The second kappa shape index (κ2) is 11.7. The molecule has 7 heteroatoms. The molecule has 0 heterocycles. The number of carbonyl (C=O) groups is 1. The van der Waals surface area contributed by atoms with Crippen molar-refractivity contribution in [1.82, 2.24) is 4.31 Å². The summed E-state index contributed by atoms with van der Waals surface area (Å²) < 4.78 is 34.2. The van der Waals surface area contributed by atoms with E-state index in [2.05, 4.69) is 6.92 Å². The van der Waals surface area contributed by atoms with Crippen LogP contribution in [0.1, 0.15) is 52.0 Å². The standard InChI is InChI=1S/C28H35NO5S/c1-4-5-8-19-29(35(32,33)26-18-15-23-11-6-7-12-24(23)21-26)20-9-10-22-13-16-25(17-14-22)34-28(2,3)27(30)31/h6-7,11-18,21H,4-5,8-10,19-20H2,1-3H3,(H,30,31). The molecule has 0 saturated heterocycles. The summed E-state index contributed by atoms with van der Waals surface area (Å²) in [5, 5.41) is 11.2. The van der Waals surface area contributed by atoms with Crippen molar-refractivity contribution in [2.24, 2.45) is 0 Å². The first-order valence-corrected chi connectivity index (χ1v) is 13.6. The zero-order valence-electron chi connectivity index (χ0n) is 20.7. The van der Waals surface area contributed by atoms with Crippen molar-refractivity contribution in [2.75, 3.05) is 13.1 Å². The lowest BCUT2D eigenvalue weighted by atomic mass is 10.1. The molecule has 35 heavy (non-hydrogen) atoms. The first-order chi connectivity index (χ1) is 16.6. The van der Waals surface area contributed by atoms with Crippen molar-refractivity contribution in [2.45, 2.75) is 63.4 Å². The number of rotatable bonds is 13. The fourth-order valence-electron chi connectivity index (χ4n) is 3.89. The van der Waals surface area contributed by atoms with Gasteiger partial charge in [0.2, 0.25) is 10.0 Å². The number of unbranched alkanes of at least 4 members (excludes halogenated alkanes) is 2. The van der Waals surface area contributed by atoms with Crippen LogP contribution in [-0.2, 0) is 21.2 Å². The average Bonchev–Trinajstić information content (AvgIpc) is 2.83. The maximum Gasteiger partial charge on any atom is 0.347 e. The average molecular weight is 498 g/mol. The molecule has 0 unspecified atom stereocenters. The number of ether oxygens (including phenoxy) is 1. The Morgan fingerprint density at radius 3 is 2.23 bits per heavy atom. The Morgan fingerprint density at radius 2 is 1.57 bits per heavy atom. The van der Waals surface area contributed by atoms with E-state index in [1.165, 1.54) is 13.8 Å². The van der Waals surface area contributed by atoms with E-state index in [1.54, 1.807) is 28.6 Å². The Bertz CT molecular complexity index is 1240. The lowest BCUT2D eigenvalue weighted by molar-refractivity contribution is -0.152. The molecule has 0 saturated carbocycles. The summed E-state index contributed by atoms with van der Waals surface area (Å²) in [5.74, 6) is -0.543. The minimum atomic E-state index is -3.60. The topological polar surface area (TPSA) is 83.9 Å². The molecular weight excluding hydrogens is 462 g/mol. The summed E-state index contributed by atoms with van der Waals surface area (Å²) >= 11 is 0. The quantitative estimate of drug-likeness (QED) is 0.298. The van der Waals surface area contributed by atoms with Gasteiger partial charge in [-0.3, -0.25) is 0 Å². The van der Waals surface area contributed by atoms with Crippen molar-refractivity contribution in [3.05, 3.63) is 72.3 Å². The van der Waals surface area contributed by atoms with E-state index < -0.39 is 21.6 Å². The van der Waals surface area contributed by atoms with Gasteiger partial charge in [0.1, 0.15) is 5.75 Å².